The normalized spacial score (nSPS) is 10.7. The molecule has 1 aromatic carbocycles. The number of carbonyl (C=O) groups excluding carboxylic acids is 1. The van der Waals surface area contributed by atoms with Crippen molar-refractivity contribution in [3.8, 4) is 16.2 Å². The van der Waals surface area contributed by atoms with Gasteiger partial charge in [0.15, 0.2) is 0 Å². The molecule has 1 heterocycles. The van der Waals surface area contributed by atoms with Crippen LogP contribution in [0, 0.1) is 0 Å². The summed E-state index contributed by atoms with van der Waals surface area (Å²) in [6.07, 6.45) is 0.960. The average molecular weight is 340 g/mol. The van der Waals surface area contributed by atoms with Crippen LogP contribution in [0.15, 0.2) is 70.3 Å². The predicted octanol–water partition coefficient (Wildman–Crippen LogP) is 5.63. The Balaban J connectivity index is 1.66. The highest BCUT2D eigenvalue weighted by Crippen LogP contribution is 2.40. The minimum absolute atomic E-state index is 0.383. The molecule has 3 rings (SSSR count). The second-order valence-corrected chi connectivity index (χ2v) is 7.06. The van der Waals surface area contributed by atoms with E-state index >= 15 is 0 Å². The summed E-state index contributed by atoms with van der Waals surface area (Å²) in [4.78, 5) is 14.8. The lowest BCUT2D eigenvalue weighted by atomic mass is 10.2. The first-order valence-electron chi connectivity index (χ1n) is 7.31. The van der Waals surface area contributed by atoms with Gasteiger partial charge in [-0.3, -0.25) is 0 Å². The summed E-state index contributed by atoms with van der Waals surface area (Å²) in [6, 6.07) is 15.7. The average Bonchev–Trinajstić information content (AvgIpc) is 2.98. The minimum Gasteiger partial charge on any atom is -0.423 e. The molecular weight excluding hydrogens is 324 g/mol. The highest BCUT2D eigenvalue weighted by atomic mass is 32.2. The molecule has 0 saturated carbocycles. The van der Waals surface area contributed by atoms with E-state index in [-0.39, 0.29) is 0 Å². The molecule has 0 atom stereocenters. The first-order valence-corrected chi connectivity index (χ1v) is 9.01. The molecule has 0 aromatic heterocycles. The Kier molecular flexibility index (Phi) is 4.84. The van der Waals surface area contributed by atoms with Crippen LogP contribution in [0.5, 0.6) is 5.75 Å². The quantitative estimate of drug-likeness (QED) is 0.261. The summed E-state index contributed by atoms with van der Waals surface area (Å²) < 4.78 is 5.38. The van der Waals surface area contributed by atoms with Crippen molar-refractivity contribution in [3.63, 3.8) is 0 Å². The molecule has 116 valence electrons. The smallest absolute Gasteiger partial charge is 0.349 e. The van der Waals surface area contributed by atoms with Gasteiger partial charge in [0.2, 0.25) is 0 Å². The molecule has 0 radical (unpaired) electrons. The van der Waals surface area contributed by atoms with Crippen LogP contribution in [0.3, 0.4) is 0 Å². The Labute approximate surface area is 144 Å². The number of fused-ring (bicyclic) bond motifs is 1. The predicted molar refractivity (Wildman–Crippen MR) is 97.4 cm³/mol. The van der Waals surface area contributed by atoms with Crippen LogP contribution in [0.2, 0.25) is 0 Å². The number of carbonyl (C=O) groups is 1. The van der Waals surface area contributed by atoms with Gasteiger partial charge in [0, 0.05) is 9.77 Å². The van der Waals surface area contributed by atoms with Crippen LogP contribution in [-0.4, -0.2) is 5.97 Å². The zero-order valence-corrected chi connectivity index (χ0v) is 14.4. The van der Waals surface area contributed by atoms with Gasteiger partial charge in [-0.25, -0.2) is 4.79 Å². The van der Waals surface area contributed by atoms with Crippen LogP contribution < -0.4 is 4.74 Å². The van der Waals surface area contributed by atoms with Crippen molar-refractivity contribution in [3.05, 3.63) is 71.0 Å². The van der Waals surface area contributed by atoms with Gasteiger partial charge in [-0.15, -0.1) is 11.3 Å². The largest absolute Gasteiger partial charge is 0.423 e. The second kappa shape index (κ2) is 7.02. The molecule has 1 aromatic rings. The van der Waals surface area contributed by atoms with Crippen LogP contribution >= 0.6 is 23.1 Å². The molecule has 2 nitrogen and oxygen atoms in total. The van der Waals surface area contributed by atoms with Crippen molar-refractivity contribution in [1.29, 1.82) is 0 Å². The lowest BCUT2D eigenvalue weighted by molar-refractivity contribution is -0.129. The van der Waals surface area contributed by atoms with Gasteiger partial charge in [-0.05, 0) is 41.1 Å². The highest BCUT2D eigenvalue weighted by molar-refractivity contribution is 8.04. The summed E-state index contributed by atoms with van der Waals surface area (Å²) in [6.45, 7) is 5.95. The van der Waals surface area contributed by atoms with Gasteiger partial charge in [0.25, 0.3) is 0 Å². The van der Waals surface area contributed by atoms with Crippen LogP contribution in [0.4, 0.5) is 0 Å². The molecule has 0 fully saturated rings. The zero-order valence-electron chi connectivity index (χ0n) is 12.7. The monoisotopic (exact) mass is 340 g/mol. The molecule has 0 unspecified atom stereocenters. The summed E-state index contributed by atoms with van der Waals surface area (Å²) in [5.41, 5.74) is 2.39. The highest BCUT2D eigenvalue weighted by Gasteiger charge is 2.16. The number of esters is 1. The van der Waals surface area contributed by atoms with Gasteiger partial charge < -0.3 is 4.74 Å². The molecule has 1 aliphatic heterocycles. The van der Waals surface area contributed by atoms with E-state index < -0.39 is 5.97 Å². The van der Waals surface area contributed by atoms with Crippen LogP contribution in [0.1, 0.15) is 12.5 Å². The number of aryl methyl sites for hydroxylation is 1. The van der Waals surface area contributed by atoms with Gasteiger partial charge in [0.05, 0.1) is 4.91 Å². The van der Waals surface area contributed by atoms with Crippen LogP contribution in [-0.2, 0) is 11.2 Å². The number of ether oxygens (including phenoxy) is 1. The number of thioether (sulfide) groups is 1. The molecule has 0 amide bonds. The van der Waals surface area contributed by atoms with E-state index in [0.717, 1.165) is 11.3 Å². The summed E-state index contributed by atoms with van der Waals surface area (Å²) in [7, 11) is 0. The summed E-state index contributed by atoms with van der Waals surface area (Å²) >= 11 is 3.01. The van der Waals surface area contributed by atoms with Crippen molar-refractivity contribution in [2.75, 3.05) is 0 Å². The number of benzene rings is 1. The third kappa shape index (κ3) is 3.66. The van der Waals surface area contributed by atoms with Gasteiger partial charge in [-0.1, -0.05) is 55.6 Å². The molecule has 0 spiro atoms. The van der Waals surface area contributed by atoms with E-state index in [1.54, 1.807) is 11.3 Å². The van der Waals surface area contributed by atoms with E-state index in [9.17, 15) is 4.79 Å². The van der Waals surface area contributed by atoms with Crippen molar-refractivity contribution in [2.45, 2.75) is 18.2 Å². The third-order valence-electron chi connectivity index (χ3n) is 3.44. The summed E-state index contributed by atoms with van der Waals surface area (Å²) in [5.74, 6) is 0.138. The third-order valence-corrected chi connectivity index (χ3v) is 5.53. The lowest BCUT2D eigenvalue weighted by Gasteiger charge is -2.07. The Morgan fingerprint density at radius 2 is 1.96 bits per heavy atom. The fourth-order valence-corrected chi connectivity index (χ4v) is 3.93. The first-order chi connectivity index (χ1) is 11.2. The topological polar surface area (TPSA) is 26.3 Å². The molecule has 0 bridgehead atoms. The van der Waals surface area contributed by atoms with Crippen molar-refractivity contribution >= 4 is 29.1 Å². The van der Waals surface area contributed by atoms with Gasteiger partial charge in [0.1, 0.15) is 5.75 Å². The standard InChI is InChI=1S/C19H16O2S2/c1-3-14-6-9-16(10-7-14)21-19(20)13(2)23-17-11-8-15-5-4-12-22-18(15)17/h4-12H,2-3H2,1H3. The minimum atomic E-state index is -0.408. The molecule has 2 aliphatic rings. The molecule has 4 heteroatoms. The van der Waals surface area contributed by atoms with E-state index in [4.69, 9.17) is 4.74 Å². The lowest BCUT2D eigenvalue weighted by Crippen LogP contribution is -2.08. The maximum Gasteiger partial charge on any atom is 0.349 e. The molecule has 0 saturated heterocycles. The zero-order chi connectivity index (χ0) is 16.2. The van der Waals surface area contributed by atoms with Crippen molar-refractivity contribution in [2.24, 2.45) is 0 Å². The fourth-order valence-electron chi connectivity index (χ4n) is 2.18. The van der Waals surface area contributed by atoms with E-state index in [1.165, 1.54) is 27.8 Å². The molecule has 23 heavy (non-hydrogen) atoms. The molecular formula is C19H16O2S2. The number of rotatable bonds is 5. The Morgan fingerprint density at radius 1 is 1.17 bits per heavy atom. The summed E-state index contributed by atoms with van der Waals surface area (Å²) in [5, 5.41) is 2.03. The Morgan fingerprint density at radius 3 is 2.70 bits per heavy atom. The van der Waals surface area contributed by atoms with E-state index in [2.05, 4.69) is 25.6 Å². The molecule has 0 N–H and O–H groups in total. The van der Waals surface area contributed by atoms with E-state index in [1.807, 2.05) is 41.8 Å². The van der Waals surface area contributed by atoms with Crippen molar-refractivity contribution < 1.29 is 9.53 Å². The Bertz CT molecular complexity index is 802. The Hall–Kier alpha value is -2.04. The second-order valence-electron chi connectivity index (χ2n) is 5.01. The van der Waals surface area contributed by atoms with E-state index in [0.29, 0.717) is 10.7 Å². The maximum atomic E-state index is 12.2. The number of hydrogen-bond acceptors (Lipinski definition) is 4. The van der Waals surface area contributed by atoms with Crippen LogP contribution in [0.25, 0.3) is 10.4 Å². The SMILES string of the molecule is C=C(Sc1ccc2cccsc1-2)C(=O)Oc1ccc(CC)cc1. The fraction of sp³-hybridized carbons (Fsp3) is 0.105. The van der Waals surface area contributed by atoms with Gasteiger partial charge in [-0.2, -0.15) is 0 Å². The van der Waals surface area contributed by atoms with Gasteiger partial charge >= 0.3 is 5.97 Å². The number of hydrogen-bond donors (Lipinski definition) is 0. The van der Waals surface area contributed by atoms with Crippen molar-refractivity contribution in [1.82, 2.24) is 0 Å². The molecule has 1 aliphatic carbocycles. The first kappa shape index (κ1) is 15.8. The maximum absolute atomic E-state index is 12.2.